The predicted octanol–water partition coefficient (Wildman–Crippen LogP) is 5.35. The molecule has 0 amide bonds. The Balaban J connectivity index is 1.57. The number of nitriles is 1. The first-order chi connectivity index (χ1) is 12.8. The van der Waals surface area contributed by atoms with E-state index in [0.29, 0.717) is 5.56 Å². The third-order valence-electron chi connectivity index (χ3n) is 4.07. The molecule has 0 saturated carbocycles. The van der Waals surface area contributed by atoms with E-state index in [-0.39, 0.29) is 0 Å². The minimum absolute atomic E-state index is 0.682. The Morgan fingerprint density at radius 1 is 0.846 bits per heavy atom. The minimum Gasteiger partial charge on any atom is -0.497 e. The van der Waals surface area contributed by atoms with Crippen LogP contribution in [0.5, 0.6) is 5.75 Å². The van der Waals surface area contributed by atoms with Crippen LogP contribution in [0.3, 0.4) is 0 Å². The van der Waals surface area contributed by atoms with E-state index in [1.165, 1.54) is 0 Å². The Labute approximate surface area is 154 Å². The van der Waals surface area contributed by atoms with Crippen LogP contribution in [0.1, 0.15) is 22.3 Å². The normalized spacial score (nSPS) is 10.5. The van der Waals surface area contributed by atoms with E-state index in [1.54, 1.807) is 7.11 Å². The average Bonchev–Trinajstić information content (AvgIpc) is 2.72. The summed E-state index contributed by atoms with van der Waals surface area (Å²) in [4.78, 5) is 0. The molecule has 1 N–H and O–H groups in total. The van der Waals surface area contributed by atoms with Crippen LogP contribution >= 0.6 is 0 Å². The van der Waals surface area contributed by atoms with Gasteiger partial charge < -0.3 is 10.1 Å². The van der Waals surface area contributed by atoms with E-state index in [0.717, 1.165) is 34.7 Å². The van der Waals surface area contributed by atoms with Crippen molar-refractivity contribution < 1.29 is 4.74 Å². The summed E-state index contributed by atoms with van der Waals surface area (Å²) in [6.07, 6.45) is 4.17. The molecule has 0 aliphatic carbocycles. The topological polar surface area (TPSA) is 45.0 Å². The van der Waals surface area contributed by atoms with Crippen molar-refractivity contribution in [2.24, 2.45) is 0 Å². The van der Waals surface area contributed by atoms with E-state index < -0.39 is 0 Å². The molecular formula is C23H20N2O. The molecule has 3 nitrogen and oxygen atoms in total. The number of ether oxygens (including phenoxy) is 1. The zero-order chi connectivity index (χ0) is 18.2. The lowest BCUT2D eigenvalue weighted by Gasteiger charge is -2.07. The number of anilines is 1. The molecule has 0 radical (unpaired) electrons. The SMILES string of the molecule is COc1ccc(/C=C/c2ccc(NCc3ccc(C#N)cc3)cc2)cc1. The zero-order valence-corrected chi connectivity index (χ0v) is 14.6. The minimum atomic E-state index is 0.682. The van der Waals surface area contributed by atoms with Crippen LogP contribution in [0.15, 0.2) is 72.8 Å². The van der Waals surface area contributed by atoms with Crippen molar-refractivity contribution in [1.82, 2.24) is 0 Å². The van der Waals surface area contributed by atoms with Crippen molar-refractivity contribution in [3.8, 4) is 11.8 Å². The molecule has 0 bridgehead atoms. The van der Waals surface area contributed by atoms with Gasteiger partial charge >= 0.3 is 0 Å². The maximum Gasteiger partial charge on any atom is 0.118 e. The number of hydrogen-bond donors (Lipinski definition) is 1. The van der Waals surface area contributed by atoms with Crippen molar-refractivity contribution in [2.75, 3.05) is 12.4 Å². The number of nitrogens with zero attached hydrogens (tertiary/aromatic N) is 1. The Morgan fingerprint density at radius 3 is 1.96 bits per heavy atom. The molecule has 0 heterocycles. The van der Waals surface area contributed by atoms with Gasteiger partial charge in [-0.3, -0.25) is 0 Å². The molecule has 0 spiro atoms. The fourth-order valence-corrected chi connectivity index (χ4v) is 2.52. The fourth-order valence-electron chi connectivity index (χ4n) is 2.52. The summed E-state index contributed by atoms with van der Waals surface area (Å²) in [6, 6.07) is 26.0. The lowest BCUT2D eigenvalue weighted by molar-refractivity contribution is 0.415. The van der Waals surface area contributed by atoms with Crippen LogP contribution in [0.2, 0.25) is 0 Å². The number of hydrogen-bond acceptors (Lipinski definition) is 3. The maximum atomic E-state index is 8.83. The predicted molar refractivity (Wildman–Crippen MR) is 107 cm³/mol. The molecule has 3 rings (SSSR count). The highest BCUT2D eigenvalue weighted by atomic mass is 16.5. The van der Waals surface area contributed by atoms with E-state index >= 15 is 0 Å². The third kappa shape index (κ3) is 4.75. The summed E-state index contributed by atoms with van der Waals surface area (Å²) in [5.74, 6) is 0.861. The summed E-state index contributed by atoms with van der Waals surface area (Å²) < 4.78 is 5.17. The highest BCUT2D eigenvalue weighted by Crippen LogP contribution is 2.16. The maximum absolute atomic E-state index is 8.83. The first-order valence-electron chi connectivity index (χ1n) is 8.42. The van der Waals surface area contributed by atoms with Gasteiger partial charge in [0.25, 0.3) is 0 Å². The summed E-state index contributed by atoms with van der Waals surface area (Å²) >= 11 is 0. The molecule has 3 aromatic carbocycles. The Kier molecular flexibility index (Phi) is 5.69. The lowest BCUT2D eigenvalue weighted by atomic mass is 10.1. The number of benzene rings is 3. The van der Waals surface area contributed by atoms with E-state index in [1.807, 2.05) is 48.5 Å². The summed E-state index contributed by atoms with van der Waals surface area (Å²) in [5.41, 5.74) is 5.17. The highest BCUT2D eigenvalue weighted by Gasteiger charge is 1.96. The van der Waals surface area contributed by atoms with Crippen molar-refractivity contribution in [3.63, 3.8) is 0 Å². The van der Waals surface area contributed by atoms with Crippen LogP contribution < -0.4 is 10.1 Å². The van der Waals surface area contributed by atoms with Crippen molar-refractivity contribution in [2.45, 2.75) is 6.54 Å². The molecular weight excluding hydrogens is 320 g/mol. The molecule has 3 heteroatoms. The third-order valence-corrected chi connectivity index (χ3v) is 4.07. The second-order valence-corrected chi connectivity index (χ2v) is 5.89. The molecule has 128 valence electrons. The van der Waals surface area contributed by atoms with Crippen LogP contribution in [0.4, 0.5) is 5.69 Å². The second kappa shape index (κ2) is 8.55. The van der Waals surface area contributed by atoms with Crippen LogP contribution in [0, 0.1) is 11.3 Å². The monoisotopic (exact) mass is 340 g/mol. The average molecular weight is 340 g/mol. The molecule has 0 aromatic heterocycles. The van der Waals surface area contributed by atoms with Crippen LogP contribution in [-0.4, -0.2) is 7.11 Å². The van der Waals surface area contributed by atoms with Crippen LogP contribution in [0.25, 0.3) is 12.2 Å². The van der Waals surface area contributed by atoms with Crippen LogP contribution in [-0.2, 0) is 6.54 Å². The quantitative estimate of drug-likeness (QED) is 0.615. The summed E-state index contributed by atoms with van der Waals surface area (Å²) in [5, 5.41) is 12.2. The van der Waals surface area contributed by atoms with Gasteiger partial charge in [-0.1, -0.05) is 48.6 Å². The summed E-state index contributed by atoms with van der Waals surface area (Å²) in [7, 11) is 1.67. The molecule has 26 heavy (non-hydrogen) atoms. The zero-order valence-electron chi connectivity index (χ0n) is 14.6. The van der Waals surface area contributed by atoms with Crippen molar-refractivity contribution >= 4 is 17.8 Å². The number of methoxy groups -OCH3 is 1. The summed E-state index contributed by atoms with van der Waals surface area (Å²) in [6.45, 7) is 0.729. The van der Waals surface area contributed by atoms with Gasteiger partial charge in [0.1, 0.15) is 5.75 Å². The van der Waals surface area contributed by atoms with E-state index in [4.69, 9.17) is 10.00 Å². The molecule has 0 aliphatic rings. The van der Waals surface area contributed by atoms with Crippen molar-refractivity contribution in [3.05, 3.63) is 95.1 Å². The van der Waals surface area contributed by atoms with Gasteiger partial charge in [-0.15, -0.1) is 0 Å². The first-order valence-corrected chi connectivity index (χ1v) is 8.42. The van der Waals surface area contributed by atoms with Gasteiger partial charge in [-0.25, -0.2) is 0 Å². The van der Waals surface area contributed by atoms with Gasteiger partial charge in [0.05, 0.1) is 18.7 Å². The van der Waals surface area contributed by atoms with Gasteiger partial charge in [0.2, 0.25) is 0 Å². The van der Waals surface area contributed by atoms with Gasteiger partial charge in [-0.2, -0.15) is 5.26 Å². The van der Waals surface area contributed by atoms with E-state index in [9.17, 15) is 0 Å². The Bertz CT molecular complexity index is 902. The smallest absolute Gasteiger partial charge is 0.118 e. The molecule has 0 saturated heterocycles. The molecule has 0 fully saturated rings. The Hall–Kier alpha value is -3.51. The molecule has 0 aliphatic heterocycles. The fraction of sp³-hybridized carbons (Fsp3) is 0.0870. The first kappa shape index (κ1) is 17.3. The number of nitrogens with one attached hydrogen (secondary N) is 1. The van der Waals surface area contributed by atoms with Crippen molar-refractivity contribution in [1.29, 1.82) is 5.26 Å². The van der Waals surface area contributed by atoms with Gasteiger partial charge in [0.15, 0.2) is 0 Å². The standard InChI is InChI=1S/C23H20N2O/c1-26-23-14-10-19(11-15-23)3-2-18-8-12-22(13-9-18)25-17-21-6-4-20(16-24)5-7-21/h2-15,25H,17H2,1H3/b3-2+. The molecule has 0 unspecified atom stereocenters. The van der Waals surface area contributed by atoms with E-state index in [2.05, 4.69) is 47.8 Å². The Morgan fingerprint density at radius 2 is 1.42 bits per heavy atom. The molecule has 0 atom stereocenters. The number of rotatable bonds is 6. The lowest BCUT2D eigenvalue weighted by Crippen LogP contribution is -1.99. The largest absolute Gasteiger partial charge is 0.497 e. The van der Waals surface area contributed by atoms with Gasteiger partial charge in [0, 0.05) is 12.2 Å². The second-order valence-electron chi connectivity index (χ2n) is 5.89. The van der Waals surface area contributed by atoms with Gasteiger partial charge in [-0.05, 0) is 53.1 Å². The highest BCUT2D eigenvalue weighted by molar-refractivity contribution is 5.70. The molecule has 3 aromatic rings.